The number of amides is 1. The molecule has 0 saturated carbocycles. The highest BCUT2D eigenvalue weighted by Gasteiger charge is 2.21. The van der Waals surface area contributed by atoms with E-state index in [9.17, 15) is 4.79 Å². The summed E-state index contributed by atoms with van der Waals surface area (Å²) < 4.78 is 0. The number of aromatic nitrogens is 1. The first-order chi connectivity index (χ1) is 9.61. The molecule has 4 nitrogen and oxygen atoms in total. The van der Waals surface area contributed by atoms with Crippen molar-refractivity contribution in [2.24, 2.45) is 0 Å². The van der Waals surface area contributed by atoms with Crippen molar-refractivity contribution < 1.29 is 4.79 Å². The quantitative estimate of drug-likeness (QED) is 0.918. The van der Waals surface area contributed by atoms with Crippen molar-refractivity contribution in [3.63, 3.8) is 0 Å². The van der Waals surface area contributed by atoms with E-state index in [4.69, 9.17) is 0 Å². The summed E-state index contributed by atoms with van der Waals surface area (Å²) in [7, 11) is 0. The van der Waals surface area contributed by atoms with Gasteiger partial charge in [-0.15, -0.1) is 0 Å². The Morgan fingerprint density at radius 3 is 2.85 bits per heavy atom. The zero-order chi connectivity index (χ0) is 14.5. The molecule has 1 N–H and O–H groups in total. The lowest BCUT2D eigenvalue weighted by atomic mass is 9.99. The average Bonchev–Trinajstić information content (AvgIpc) is 2.46. The molecule has 1 aromatic rings. The summed E-state index contributed by atoms with van der Waals surface area (Å²) in [5, 5.41) is 2.86. The van der Waals surface area contributed by atoms with Crippen LogP contribution in [0.15, 0.2) is 18.3 Å². The van der Waals surface area contributed by atoms with Crippen molar-refractivity contribution in [1.29, 1.82) is 0 Å². The van der Waals surface area contributed by atoms with Gasteiger partial charge in [0.1, 0.15) is 5.69 Å². The summed E-state index contributed by atoms with van der Waals surface area (Å²) in [4.78, 5) is 18.6. The number of hydrogen-bond donors (Lipinski definition) is 1. The predicted octanol–water partition coefficient (Wildman–Crippen LogP) is 2.99. The van der Waals surface area contributed by atoms with Gasteiger partial charge in [0.25, 0.3) is 5.91 Å². The number of pyridine rings is 1. The summed E-state index contributed by atoms with van der Waals surface area (Å²) in [5.74, 6) is -0.0998. The maximum Gasteiger partial charge on any atom is 0.270 e. The van der Waals surface area contributed by atoms with Crippen molar-refractivity contribution in [1.82, 2.24) is 10.3 Å². The topological polar surface area (TPSA) is 45.2 Å². The average molecular weight is 275 g/mol. The van der Waals surface area contributed by atoms with Crippen molar-refractivity contribution in [2.75, 3.05) is 11.4 Å². The molecule has 110 valence electrons. The minimum Gasteiger partial charge on any atom is -0.367 e. The van der Waals surface area contributed by atoms with Gasteiger partial charge in [-0.1, -0.05) is 6.92 Å². The van der Waals surface area contributed by atoms with Crippen LogP contribution in [0.1, 0.15) is 56.9 Å². The number of nitrogens with zero attached hydrogens (tertiary/aromatic N) is 2. The molecule has 2 heterocycles. The predicted molar refractivity (Wildman–Crippen MR) is 82.1 cm³/mol. The lowest BCUT2D eigenvalue weighted by Crippen LogP contribution is -2.39. The monoisotopic (exact) mass is 275 g/mol. The number of carbonyl (C=O) groups is 1. The molecule has 0 bridgehead atoms. The van der Waals surface area contributed by atoms with Crippen molar-refractivity contribution in [3.8, 4) is 0 Å². The molecular formula is C16H25N3O. The molecule has 0 spiro atoms. The van der Waals surface area contributed by atoms with Gasteiger partial charge in [-0.25, -0.2) is 4.98 Å². The molecule has 1 aliphatic heterocycles. The van der Waals surface area contributed by atoms with Gasteiger partial charge in [0.05, 0.1) is 11.9 Å². The second-order valence-corrected chi connectivity index (χ2v) is 5.78. The van der Waals surface area contributed by atoms with Gasteiger partial charge in [0, 0.05) is 18.6 Å². The fourth-order valence-corrected chi connectivity index (χ4v) is 2.79. The van der Waals surface area contributed by atoms with Gasteiger partial charge < -0.3 is 10.2 Å². The first kappa shape index (κ1) is 14.8. The Bertz CT molecular complexity index is 442. The van der Waals surface area contributed by atoms with Gasteiger partial charge in [0.2, 0.25) is 0 Å². The Morgan fingerprint density at radius 2 is 2.25 bits per heavy atom. The van der Waals surface area contributed by atoms with E-state index in [1.165, 1.54) is 19.3 Å². The third kappa shape index (κ3) is 3.50. The van der Waals surface area contributed by atoms with E-state index in [1.54, 1.807) is 0 Å². The van der Waals surface area contributed by atoms with Crippen LogP contribution >= 0.6 is 0 Å². The van der Waals surface area contributed by atoms with E-state index in [-0.39, 0.29) is 11.9 Å². The Hall–Kier alpha value is -1.58. The van der Waals surface area contributed by atoms with Crippen molar-refractivity contribution in [3.05, 3.63) is 24.0 Å². The van der Waals surface area contributed by atoms with Crippen molar-refractivity contribution in [2.45, 2.75) is 58.5 Å². The van der Waals surface area contributed by atoms with Crippen LogP contribution < -0.4 is 10.2 Å². The molecule has 0 radical (unpaired) electrons. The summed E-state index contributed by atoms with van der Waals surface area (Å²) in [5.41, 5.74) is 1.63. The van der Waals surface area contributed by atoms with Gasteiger partial charge in [0.15, 0.2) is 0 Å². The number of rotatable bonds is 4. The molecule has 1 aliphatic rings. The fourth-order valence-electron chi connectivity index (χ4n) is 2.79. The number of hydrogen-bond acceptors (Lipinski definition) is 3. The van der Waals surface area contributed by atoms with Gasteiger partial charge in [-0.2, -0.15) is 0 Å². The SMILES string of the molecule is CCC1CCCCN1c1ccc(C(=O)NC(C)C)nc1. The first-order valence-electron chi connectivity index (χ1n) is 7.65. The third-order valence-corrected chi connectivity index (χ3v) is 3.83. The maximum atomic E-state index is 11.9. The zero-order valence-electron chi connectivity index (χ0n) is 12.7. The highest BCUT2D eigenvalue weighted by molar-refractivity contribution is 5.92. The summed E-state index contributed by atoms with van der Waals surface area (Å²) in [6.45, 7) is 7.23. The van der Waals surface area contributed by atoms with Crippen LogP contribution in [0.4, 0.5) is 5.69 Å². The number of anilines is 1. The second kappa shape index (κ2) is 6.73. The minimum absolute atomic E-state index is 0.0998. The zero-order valence-corrected chi connectivity index (χ0v) is 12.7. The van der Waals surface area contributed by atoms with Crippen LogP contribution in [0.25, 0.3) is 0 Å². The maximum absolute atomic E-state index is 11.9. The molecule has 1 fully saturated rings. The molecule has 0 aliphatic carbocycles. The molecule has 1 unspecified atom stereocenters. The third-order valence-electron chi connectivity index (χ3n) is 3.83. The van der Waals surface area contributed by atoms with Crippen LogP contribution in [0.3, 0.4) is 0 Å². The lowest BCUT2D eigenvalue weighted by molar-refractivity contribution is 0.0938. The van der Waals surface area contributed by atoms with Crippen LogP contribution in [-0.2, 0) is 0 Å². The highest BCUT2D eigenvalue weighted by Crippen LogP contribution is 2.25. The van der Waals surface area contributed by atoms with Gasteiger partial charge in [-0.05, 0) is 51.7 Å². The van der Waals surface area contributed by atoms with E-state index >= 15 is 0 Å². The Balaban J connectivity index is 2.09. The standard InChI is InChI=1S/C16H25N3O/c1-4-13-7-5-6-10-19(13)14-8-9-15(17-11-14)16(20)18-12(2)3/h8-9,11-13H,4-7,10H2,1-3H3,(H,18,20). The Kier molecular flexibility index (Phi) is 4.99. The van der Waals surface area contributed by atoms with Crippen LogP contribution in [0.2, 0.25) is 0 Å². The normalized spacial score (nSPS) is 19.2. The van der Waals surface area contributed by atoms with E-state index < -0.39 is 0 Å². The van der Waals surface area contributed by atoms with E-state index in [1.807, 2.05) is 32.2 Å². The Morgan fingerprint density at radius 1 is 1.45 bits per heavy atom. The highest BCUT2D eigenvalue weighted by atomic mass is 16.1. The molecule has 1 amide bonds. The second-order valence-electron chi connectivity index (χ2n) is 5.78. The van der Waals surface area contributed by atoms with Crippen molar-refractivity contribution >= 4 is 11.6 Å². The number of piperidine rings is 1. The van der Waals surface area contributed by atoms with Crippen LogP contribution in [-0.4, -0.2) is 29.5 Å². The van der Waals surface area contributed by atoms with E-state index in [0.29, 0.717) is 11.7 Å². The van der Waals surface area contributed by atoms with Gasteiger partial charge in [-0.3, -0.25) is 4.79 Å². The molecule has 2 rings (SSSR count). The van der Waals surface area contributed by atoms with Gasteiger partial charge >= 0.3 is 0 Å². The van der Waals surface area contributed by atoms with Crippen LogP contribution in [0.5, 0.6) is 0 Å². The molecular weight excluding hydrogens is 250 g/mol. The summed E-state index contributed by atoms with van der Waals surface area (Å²) in [6.07, 6.45) is 6.81. The molecule has 0 aromatic carbocycles. The lowest BCUT2D eigenvalue weighted by Gasteiger charge is -2.37. The molecule has 1 aromatic heterocycles. The molecule has 4 heteroatoms. The largest absolute Gasteiger partial charge is 0.367 e. The molecule has 1 saturated heterocycles. The van der Waals surface area contributed by atoms with E-state index in [0.717, 1.165) is 18.7 Å². The fraction of sp³-hybridized carbons (Fsp3) is 0.625. The Labute approximate surface area is 121 Å². The smallest absolute Gasteiger partial charge is 0.270 e. The number of nitrogens with one attached hydrogen (secondary N) is 1. The number of carbonyl (C=O) groups excluding carboxylic acids is 1. The summed E-state index contributed by atoms with van der Waals surface area (Å²) in [6, 6.07) is 4.60. The van der Waals surface area contributed by atoms with E-state index in [2.05, 4.69) is 22.1 Å². The minimum atomic E-state index is -0.0998. The molecule has 20 heavy (non-hydrogen) atoms. The van der Waals surface area contributed by atoms with Crippen LogP contribution in [0, 0.1) is 0 Å². The first-order valence-corrected chi connectivity index (χ1v) is 7.65. The summed E-state index contributed by atoms with van der Waals surface area (Å²) >= 11 is 0. The molecule has 1 atom stereocenters.